The highest BCUT2D eigenvalue weighted by Gasteiger charge is 2.38. The maximum Gasteiger partial charge on any atom is 0.338 e. The van der Waals surface area contributed by atoms with Crippen LogP contribution in [0.5, 0.6) is 0 Å². The molecule has 1 aromatic carbocycles. The molecule has 21 heavy (non-hydrogen) atoms. The Bertz CT molecular complexity index is 606. The normalized spacial score (nSPS) is 10.9. The lowest BCUT2D eigenvalue weighted by molar-refractivity contribution is -0.386. The van der Waals surface area contributed by atoms with Gasteiger partial charge in [-0.25, -0.2) is 4.79 Å². The number of hydrogen-bond acceptors (Lipinski definition) is 6. The fourth-order valence-corrected chi connectivity index (χ4v) is 2.04. The number of nitro benzene ring substituents is 1. The van der Waals surface area contributed by atoms with Gasteiger partial charge in [0.05, 0.1) is 30.1 Å². The van der Waals surface area contributed by atoms with Crippen LogP contribution in [0.25, 0.3) is 0 Å². The van der Waals surface area contributed by atoms with E-state index in [0.717, 1.165) is 6.07 Å². The summed E-state index contributed by atoms with van der Waals surface area (Å²) in [6, 6.07) is 2.57. The molecule has 0 saturated carbocycles. The highest BCUT2D eigenvalue weighted by molar-refractivity contribution is 5.93. The van der Waals surface area contributed by atoms with Crippen LogP contribution < -0.4 is 0 Å². The summed E-state index contributed by atoms with van der Waals surface area (Å²) in [6.07, 6.45) is 0. The van der Waals surface area contributed by atoms with Gasteiger partial charge in [0.2, 0.25) is 0 Å². The molecule has 0 amide bonds. The third-order valence-corrected chi connectivity index (χ3v) is 3.31. The van der Waals surface area contributed by atoms with Gasteiger partial charge in [0.25, 0.3) is 5.69 Å². The molecule has 0 atom stereocenters. The Morgan fingerprint density at radius 3 is 2.19 bits per heavy atom. The van der Waals surface area contributed by atoms with Crippen LogP contribution in [-0.4, -0.2) is 31.1 Å². The Hall–Kier alpha value is -2.44. The predicted octanol–water partition coefficient (Wildman–Crippen LogP) is 2.14. The van der Waals surface area contributed by atoms with Gasteiger partial charge in [-0.15, -0.1) is 0 Å². The maximum absolute atomic E-state index is 11.9. The SMILES string of the molecule is COC(=O)c1cc([N+](=O)[O-])c(C(C)(C)C(=O)OC)cc1C. The molecule has 0 fully saturated rings. The van der Waals surface area contributed by atoms with E-state index < -0.39 is 22.3 Å². The van der Waals surface area contributed by atoms with Crippen LogP contribution >= 0.6 is 0 Å². The summed E-state index contributed by atoms with van der Waals surface area (Å²) in [5, 5.41) is 11.3. The number of methoxy groups -OCH3 is 2. The van der Waals surface area contributed by atoms with Gasteiger partial charge < -0.3 is 9.47 Å². The Morgan fingerprint density at radius 1 is 1.19 bits per heavy atom. The van der Waals surface area contributed by atoms with Crippen LogP contribution in [-0.2, 0) is 19.7 Å². The number of rotatable bonds is 4. The summed E-state index contributed by atoms with van der Waals surface area (Å²) in [4.78, 5) is 34.1. The summed E-state index contributed by atoms with van der Waals surface area (Å²) < 4.78 is 9.28. The molecule has 0 spiro atoms. The first-order valence-electron chi connectivity index (χ1n) is 6.13. The van der Waals surface area contributed by atoms with E-state index in [4.69, 9.17) is 0 Å². The molecule has 1 rings (SSSR count). The largest absolute Gasteiger partial charge is 0.468 e. The van der Waals surface area contributed by atoms with Crippen molar-refractivity contribution in [2.24, 2.45) is 0 Å². The lowest BCUT2D eigenvalue weighted by atomic mass is 9.82. The standard InChI is InChI=1S/C14H17NO6/c1-8-6-10(14(2,3)13(17)21-5)11(15(18)19)7-9(8)12(16)20-4/h6-7H,1-5H3. The first-order valence-corrected chi connectivity index (χ1v) is 6.13. The molecule has 114 valence electrons. The van der Waals surface area contributed by atoms with Crippen molar-refractivity contribution in [2.45, 2.75) is 26.2 Å². The molecular weight excluding hydrogens is 278 g/mol. The molecule has 0 aliphatic rings. The van der Waals surface area contributed by atoms with Crippen molar-refractivity contribution in [1.29, 1.82) is 0 Å². The molecular formula is C14H17NO6. The minimum Gasteiger partial charge on any atom is -0.468 e. The Labute approximate surface area is 122 Å². The van der Waals surface area contributed by atoms with E-state index in [0.29, 0.717) is 5.56 Å². The zero-order valence-corrected chi connectivity index (χ0v) is 12.6. The fraction of sp³-hybridized carbons (Fsp3) is 0.429. The highest BCUT2D eigenvalue weighted by atomic mass is 16.6. The number of nitrogens with zero attached hydrogens (tertiary/aromatic N) is 1. The molecule has 0 aromatic heterocycles. The lowest BCUT2D eigenvalue weighted by Gasteiger charge is -2.22. The fourth-order valence-electron chi connectivity index (χ4n) is 2.04. The summed E-state index contributed by atoms with van der Waals surface area (Å²) >= 11 is 0. The van der Waals surface area contributed by atoms with Gasteiger partial charge in [-0.2, -0.15) is 0 Å². The molecule has 0 unspecified atom stereocenters. The minimum absolute atomic E-state index is 0.0913. The molecule has 1 aromatic rings. The van der Waals surface area contributed by atoms with E-state index >= 15 is 0 Å². The second-order valence-electron chi connectivity index (χ2n) is 5.05. The van der Waals surface area contributed by atoms with Crippen LogP contribution in [0, 0.1) is 17.0 Å². The number of aryl methyl sites for hydroxylation is 1. The molecule has 0 saturated heterocycles. The molecule has 0 heterocycles. The van der Waals surface area contributed by atoms with Gasteiger partial charge in [0.15, 0.2) is 0 Å². The van der Waals surface area contributed by atoms with Crippen molar-refractivity contribution in [3.8, 4) is 0 Å². The third-order valence-electron chi connectivity index (χ3n) is 3.31. The molecule has 0 aliphatic carbocycles. The van der Waals surface area contributed by atoms with E-state index in [9.17, 15) is 19.7 Å². The Kier molecular flexibility index (Phi) is 4.67. The first-order chi connectivity index (χ1) is 9.66. The highest BCUT2D eigenvalue weighted by Crippen LogP contribution is 2.35. The molecule has 0 radical (unpaired) electrons. The number of ether oxygens (including phenoxy) is 2. The van der Waals surface area contributed by atoms with Gasteiger partial charge >= 0.3 is 11.9 Å². The molecule has 7 nitrogen and oxygen atoms in total. The molecule has 7 heteroatoms. The summed E-state index contributed by atoms with van der Waals surface area (Å²) in [5.74, 6) is -1.27. The first kappa shape index (κ1) is 16.6. The monoisotopic (exact) mass is 295 g/mol. The van der Waals surface area contributed by atoms with Crippen LogP contribution in [0.2, 0.25) is 0 Å². The van der Waals surface area contributed by atoms with Crippen LogP contribution in [0.15, 0.2) is 12.1 Å². The van der Waals surface area contributed by atoms with Crippen LogP contribution in [0.3, 0.4) is 0 Å². The number of benzene rings is 1. The second kappa shape index (κ2) is 5.90. The van der Waals surface area contributed by atoms with E-state index in [2.05, 4.69) is 9.47 Å². The summed E-state index contributed by atoms with van der Waals surface area (Å²) in [5.41, 5.74) is -0.773. The number of nitro groups is 1. The average molecular weight is 295 g/mol. The second-order valence-corrected chi connectivity index (χ2v) is 5.05. The average Bonchev–Trinajstić information content (AvgIpc) is 2.44. The van der Waals surface area contributed by atoms with Crippen molar-refractivity contribution < 1.29 is 24.0 Å². The van der Waals surface area contributed by atoms with Gasteiger partial charge in [0, 0.05) is 11.6 Å². The predicted molar refractivity (Wildman–Crippen MR) is 74.2 cm³/mol. The molecule has 0 bridgehead atoms. The quantitative estimate of drug-likeness (QED) is 0.479. The molecule has 0 N–H and O–H groups in total. The van der Waals surface area contributed by atoms with Gasteiger partial charge in [-0.1, -0.05) is 0 Å². The minimum atomic E-state index is -1.21. The van der Waals surface area contributed by atoms with E-state index in [1.165, 1.54) is 34.1 Å². The zero-order chi connectivity index (χ0) is 16.4. The van der Waals surface area contributed by atoms with E-state index in [-0.39, 0.29) is 16.8 Å². The van der Waals surface area contributed by atoms with Crippen molar-refractivity contribution in [1.82, 2.24) is 0 Å². The van der Waals surface area contributed by atoms with Crippen LogP contribution in [0.1, 0.15) is 35.3 Å². The van der Waals surface area contributed by atoms with Gasteiger partial charge in [0.1, 0.15) is 0 Å². The number of esters is 2. The van der Waals surface area contributed by atoms with E-state index in [1.807, 2.05) is 0 Å². The van der Waals surface area contributed by atoms with Gasteiger partial charge in [-0.05, 0) is 32.4 Å². The Morgan fingerprint density at radius 2 is 1.76 bits per heavy atom. The zero-order valence-electron chi connectivity index (χ0n) is 12.6. The molecule has 0 aliphatic heterocycles. The topological polar surface area (TPSA) is 95.7 Å². The van der Waals surface area contributed by atoms with Gasteiger partial charge in [-0.3, -0.25) is 14.9 Å². The van der Waals surface area contributed by atoms with Crippen molar-refractivity contribution in [2.75, 3.05) is 14.2 Å². The van der Waals surface area contributed by atoms with E-state index in [1.54, 1.807) is 6.92 Å². The summed E-state index contributed by atoms with van der Waals surface area (Å²) in [7, 11) is 2.41. The number of carbonyl (C=O) groups is 2. The Balaban J connectivity index is 3.61. The smallest absolute Gasteiger partial charge is 0.338 e. The number of carbonyl (C=O) groups excluding carboxylic acids is 2. The third kappa shape index (κ3) is 3.01. The maximum atomic E-state index is 11.9. The number of hydrogen-bond donors (Lipinski definition) is 0. The lowest BCUT2D eigenvalue weighted by Crippen LogP contribution is -2.31. The van der Waals surface area contributed by atoms with Crippen molar-refractivity contribution in [3.05, 3.63) is 38.9 Å². The summed E-state index contributed by atoms with van der Waals surface area (Å²) in [6.45, 7) is 4.67. The van der Waals surface area contributed by atoms with Crippen molar-refractivity contribution in [3.63, 3.8) is 0 Å². The van der Waals surface area contributed by atoms with Crippen molar-refractivity contribution >= 4 is 17.6 Å². The van der Waals surface area contributed by atoms with Crippen LogP contribution in [0.4, 0.5) is 5.69 Å².